The third-order valence-electron chi connectivity index (χ3n) is 11.8. The number of para-hydroxylation sites is 2. The minimum Gasteiger partial charge on any atom is -0.294 e. The van der Waals surface area contributed by atoms with Crippen LogP contribution >= 0.6 is 0 Å². The van der Waals surface area contributed by atoms with E-state index in [4.69, 9.17) is 9.97 Å². The van der Waals surface area contributed by atoms with E-state index < -0.39 is 11.0 Å². The number of rotatable bonds is 2. The Kier molecular flexibility index (Phi) is 7.18. The molecule has 3 atom stereocenters. The molecule has 5 aromatic rings. The van der Waals surface area contributed by atoms with Gasteiger partial charge in [0.25, 0.3) is 0 Å². The number of aromatic nitrogens is 2. The van der Waals surface area contributed by atoms with Crippen LogP contribution in [0.2, 0.25) is 0 Å². The van der Waals surface area contributed by atoms with Crippen LogP contribution in [0.4, 0.5) is 0 Å². The second-order valence-electron chi connectivity index (χ2n) is 16.7. The number of hydrogen-bond acceptors (Lipinski definition) is 4. The van der Waals surface area contributed by atoms with E-state index in [-0.39, 0.29) is 22.5 Å². The summed E-state index contributed by atoms with van der Waals surface area (Å²) in [5, 5.41) is 0. The number of benzene rings is 4. The van der Waals surface area contributed by atoms with E-state index in [9.17, 15) is 0 Å². The van der Waals surface area contributed by atoms with Crippen molar-refractivity contribution in [3.05, 3.63) is 136 Å². The zero-order valence-corrected chi connectivity index (χ0v) is 30.0. The van der Waals surface area contributed by atoms with Crippen LogP contribution in [0.15, 0.2) is 103 Å². The molecule has 2 aliphatic carbocycles. The number of likely N-dealkylation sites (tertiary alicyclic amines) is 1. The number of ketones is 1. The van der Waals surface area contributed by atoms with Gasteiger partial charge in [-0.1, -0.05) is 126 Å². The lowest BCUT2D eigenvalue weighted by atomic mass is 9.53. The predicted molar refractivity (Wildman–Crippen MR) is 201 cm³/mol. The van der Waals surface area contributed by atoms with Gasteiger partial charge in [-0.25, -0.2) is 9.97 Å². The summed E-state index contributed by atoms with van der Waals surface area (Å²) in [7, 11) is 2.21. The van der Waals surface area contributed by atoms with Gasteiger partial charge in [-0.05, 0) is 88.7 Å². The molecule has 4 nitrogen and oxygen atoms in total. The molecular weight excluding hydrogens is 599 g/mol. The van der Waals surface area contributed by atoms with Crippen molar-refractivity contribution in [2.24, 2.45) is 5.41 Å². The van der Waals surface area contributed by atoms with Gasteiger partial charge in [0.1, 0.15) is 5.54 Å². The summed E-state index contributed by atoms with van der Waals surface area (Å²) in [6.45, 7) is 14.2. The quantitative estimate of drug-likeness (QED) is 0.179. The Bertz CT molecular complexity index is 2130. The minimum atomic E-state index is -0.779. The summed E-state index contributed by atoms with van der Waals surface area (Å²) in [5.74, 6) is 0.226. The van der Waals surface area contributed by atoms with E-state index in [1.165, 1.54) is 16.7 Å². The van der Waals surface area contributed by atoms with Crippen LogP contribution in [0.3, 0.4) is 0 Å². The van der Waals surface area contributed by atoms with Gasteiger partial charge in [0.05, 0.1) is 27.8 Å². The van der Waals surface area contributed by atoms with Crippen molar-refractivity contribution in [1.29, 1.82) is 0 Å². The van der Waals surface area contributed by atoms with Gasteiger partial charge in [0.15, 0.2) is 5.78 Å². The van der Waals surface area contributed by atoms with E-state index in [1.54, 1.807) is 0 Å². The van der Waals surface area contributed by atoms with E-state index in [0.717, 1.165) is 70.5 Å². The summed E-state index contributed by atoms with van der Waals surface area (Å²) in [4.78, 5) is 29.1. The van der Waals surface area contributed by atoms with E-state index in [0.29, 0.717) is 0 Å². The van der Waals surface area contributed by atoms with Gasteiger partial charge in [0.2, 0.25) is 0 Å². The first kappa shape index (κ1) is 31.8. The van der Waals surface area contributed by atoms with Crippen molar-refractivity contribution in [1.82, 2.24) is 14.9 Å². The molecule has 4 heteroatoms. The largest absolute Gasteiger partial charge is 0.294 e. The average molecular weight is 646 g/mol. The molecule has 0 radical (unpaired) electrons. The SMILES string of the molecule is CN1CC(c2ccc(C(C)(C)C)cc2)C2(CCCC(=Cc3ccc(C(C)(C)C)cc3)C2=O)C12c1ccccc1-c1nc3ccccc3nc12. The maximum atomic E-state index is 15.8. The summed E-state index contributed by atoms with van der Waals surface area (Å²) < 4.78 is 0. The molecule has 2 fully saturated rings. The van der Waals surface area contributed by atoms with Gasteiger partial charge in [-0.2, -0.15) is 0 Å². The first-order valence-corrected chi connectivity index (χ1v) is 17.9. The van der Waals surface area contributed by atoms with Crippen LogP contribution in [-0.2, 0) is 21.2 Å². The lowest BCUT2D eigenvalue weighted by Gasteiger charge is -2.50. The second-order valence-corrected chi connectivity index (χ2v) is 16.7. The van der Waals surface area contributed by atoms with Crippen molar-refractivity contribution in [3.8, 4) is 11.3 Å². The van der Waals surface area contributed by atoms with Crippen LogP contribution in [-0.4, -0.2) is 34.2 Å². The Morgan fingerprint density at radius 1 is 0.755 bits per heavy atom. The molecule has 2 spiro atoms. The standard InChI is InChI=1S/C45H47N3O/c1-42(2,3)32-22-18-29(19-23-32)27-31-13-12-26-44(41(31)49)36(30-20-24-33(25-21-30)43(4,5)6)28-48(7)45(44)35-15-9-8-14-34(35)39-40(45)47-38-17-11-10-16-37(38)46-39/h8-11,14-25,27,36H,12-13,26,28H2,1-7H3. The Labute approximate surface area is 291 Å². The number of Topliss-reactive ketones (excluding diaryl/α,β-unsaturated/α-hetero) is 1. The van der Waals surface area contributed by atoms with E-state index in [2.05, 4.69) is 138 Å². The molecule has 1 aromatic heterocycles. The van der Waals surface area contributed by atoms with Crippen molar-refractivity contribution >= 4 is 22.9 Å². The number of nitrogens with zero attached hydrogens (tertiary/aromatic N) is 3. The number of allylic oxidation sites excluding steroid dienone is 1. The maximum absolute atomic E-state index is 15.8. The van der Waals surface area contributed by atoms with E-state index >= 15 is 4.79 Å². The number of fused-ring (bicyclic) bond motifs is 7. The molecule has 0 amide bonds. The second kappa shape index (κ2) is 11.1. The van der Waals surface area contributed by atoms with Crippen molar-refractivity contribution in [2.75, 3.05) is 13.6 Å². The molecule has 248 valence electrons. The number of carbonyl (C=O) groups excluding carboxylic acids is 1. The van der Waals surface area contributed by atoms with Gasteiger partial charge in [-0.15, -0.1) is 0 Å². The normalized spacial score (nSPS) is 24.7. The maximum Gasteiger partial charge on any atom is 0.168 e. The summed E-state index contributed by atoms with van der Waals surface area (Å²) >= 11 is 0. The molecule has 1 saturated heterocycles. The molecule has 1 aliphatic heterocycles. The average Bonchev–Trinajstić information content (AvgIpc) is 3.51. The molecular formula is C45H47N3O. The lowest BCUT2D eigenvalue weighted by Crippen LogP contribution is -2.56. The summed E-state index contributed by atoms with van der Waals surface area (Å²) in [6, 6.07) is 34.7. The molecule has 2 heterocycles. The first-order valence-electron chi connectivity index (χ1n) is 17.9. The molecule has 3 unspecified atom stereocenters. The Morgan fingerprint density at radius 3 is 2.00 bits per heavy atom. The van der Waals surface area contributed by atoms with E-state index in [1.807, 2.05) is 18.2 Å². The highest BCUT2D eigenvalue weighted by Gasteiger charge is 2.72. The highest BCUT2D eigenvalue weighted by molar-refractivity contribution is 6.07. The molecule has 3 aliphatic rings. The van der Waals surface area contributed by atoms with Gasteiger partial charge in [0, 0.05) is 18.0 Å². The lowest BCUT2D eigenvalue weighted by molar-refractivity contribution is -0.132. The molecule has 0 bridgehead atoms. The minimum absolute atomic E-state index is 0.0294. The fraction of sp³-hybridized carbons (Fsp3) is 0.356. The Balaban J connectivity index is 1.38. The molecule has 49 heavy (non-hydrogen) atoms. The van der Waals surface area contributed by atoms with Crippen LogP contribution in [0.5, 0.6) is 0 Å². The van der Waals surface area contributed by atoms with Crippen molar-refractivity contribution in [3.63, 3.8) is 0 Å². The smallest absolute Gasteiger partial charge is 0.168 e. The first-order chi connectivity index (χ1) is 23.4. The van der Waals surface area contributed by atoms with Crippen LogP contribution in [0.25, 0.3) is 28.4 Å². The Hall–Kier alpha value is -4.41. The summed E-state index contributed by atoms with van der Waals surface area (Å²) in [5.41, 5.74) is 10.2. The van der Waals surface area contributed by atoms with Crippen LogP contribution < -0.4 is 0 Å². The predicted octanol–water partition coefficient (Wildman–Crippen LogP) is 10.0. The third-order valence-corrected chi connectivity index (χ3v) is 11.8. The summed E-state index contributed by atoms with van der Waals surface area (Å²) in [6.07, 6.45) is 4.66. The molecule has 0 N–H and O–H groups in total. The zero-order valence-electron chi connectivity index (χ0n) is 30.0. The number of hydrogen-bond donors (Lipinski definition) is 0. The highest BCUT2D eigenvalue weighted by atomic mass is 16.1. The third kappa shape index (κ3) is 4.63. The van der Waals surface area contributed by atoms with Crippen molar-refractivity contribution in [2.45, 2.75) is 83.1 Å². The monoisotopic (exact) mass is 645 g/mol. The van der Waals surface area contributed by atoms with Gasteiger partial charge < -0.3 is 0 Å². The van der Waals surface area contributed by atoms with Crippen LogP contribution in [0, 0.1) is 5.41 Å². The van der Waals surface area contributed by atoms with Crippen LogP contribution in [0.1, 0.15) is 100 Å². The highest BCUT2D eigenvalue weighted by Crippen LogP contribution is 2.69. The fourth-order valence-electron chi connectivity index (χ4n) is 9.34. The fourth-order valence-corrected chi connectivity index (χ4v) is 9.34. The molecule has 4 aromatic carbocycles. The van der Waals surface area contributed by atoms with Gasteiger partial charge in [-0.3, -0.25) is 9.69 Å². The molecule has 8 rings (SSSR count). The van der Waals surface area contributed by atoms with Gasteiger partial charge >= 0.3 is 0 Å². The number of likely N-dealkylation sites (N-methyl/N-ethyl adjacent to an activating group) is 1. The number of carbonyl (C=O) groups is 1. The Morgan fingerprint density at radius 2 is 1.35 bits per heavy atom. The topological polar surface area (TPSA) is 46.1 Å². The molecule has 1 saturated carbocycles. The van der Waals surface area contributed by atoms with Crippen molar-refractivity contribution < 1.29 is 4.79 Å². The zero-order chi connectivity index (χ0) is 34.3.